The van der Waals surface area contributed by atoms with Gasteiger partial charge >= 0.3 is 0 Å². The first kappa shape index (κ1) is 25.7. The van der Waals surface area contributed by atoms with Gasteiger partial charge in [-0.2, -0.15) is 0 Å². The van der Waals surface area contributed by atoms with Gasteiger partial charge in [0.15, 0.2) is 5.96 Å². The minimum atomic E-state index is -0.0251. The summed E-state index contributed by atoms with van der Waals surface area (Å²) in [7, 11) is 3.47. The Hall–Kier alpha value is -2.36. The summed E-state index contributed by atoms with van der Waals surface area (Å²) >= 11 is 0. The van der Waals surface area contributed by atoms with Crippen LogP contribution in [0.25, 0.3) is 0 Å². The SMILES string of the molecule is CCNC(=NCC(=O)N(C)CCc1ccccn1)NCCc1ccccc1OC.I. The summed E-state index contributed by atoms with van der Waals surface area (Å²) in [5.74, 6) is 1.48. The molecule has 0 bridgehead atoms. The third-order valence-electron chi connectivity index (χ3n) is 4.45. The van der Waals surface area contributed by atoms with Crippen molar-refractivity contribution in [3.05, 3.63) is 59.9 Å². The monoisotopic (exact) mass is 525 g/mol. The summed E-state index contributed by atoms with van der Waals surface area (Å²) in [4.78, 5) is 22.8. The summed E-state index contributed by atoms with van der Waals surface area (Å²) < 4.78 is 5.38. The number of pyridine rings is 1. The van der Waals surface area contributed by atoms with Gasteiger partial charge in [-0.15, -0.1) is 24.0 Å². The highest BCUT2D eigenvalue weighted by molar-refractivity contribution is 14.0. The first-order chi connectivity index (χ1) is 14.1. The van der Waals surface area contributed by atoms with Crippen LogP contribution in [0.2, 0.25) is 0 Å². The zero-order chi connectivity index (χ0) is 20.9. The molecule has 1 aromatic heterocycles. The number of aliphatic imine (C=N–C) groups is 1. The number of nitrogens with zero attached hydrogens (tertiary/aromatic N) is 3. The van der Waals surface area contributed by atoms with E-state index < -0.39 is 0 Å². The van der Waals surface area contributed by atoms with Crippen molar-refractivity contribution in [3.63, 3.8) is 0 Å². The predicted octanol–water partition coefficient (Wildman–Crippen LogP) is 2.51. The lowest BCUT2D eigenvalue weighted by atomic mass is 10.1. The molecule has 1 heterocycles. The smallest absolute Gasteiger partial charge is 0.244 e. The second kappa shape index (κ2) is 14.6. The number of likely N-dealkylation sites (N-methyl/N-ethyl adjacent to an activating group) is 1. The van der Waals surface area contributed by atoms with Crippen molar-refractivity contribution >= 4 is 35.8 Å². The number of hydrogen-bond acceptors (Lipinski definition) is 4. The summed E-state index contributed by atoms with van der Waals surface area (Å²) in [5.41, 5.74) is 2.10. The van der Waals surface area contributed by atoms with Gasteiger partial charge in [0.1, 0.15) is 12.3 Å². The highest BCUT2D eigenvalue weighted by atomic mass is 127. The van der Waals surface area contributed by atoms with E-state index in [0.717, 1.165) is 36.4 Å². The number of nitrogens with one attached hydrogen (secondary N) is 2. The van der Waals surface area contributed by atoms with Crippen LogP contribution in [0.5, 0.6) is 5.75 Å². The lowest BCUT2D eigenvalue weighted by Gasteiger charge is -2.17. The molecule has 1 amide bonds. The normalized spacial score (nSPS) is 10.7. The average Bonchev–Trinajstić information content (AvgIpc) is 2.76. The molecule has 0 fully saturated rings. The van der Waals surface area contributed by atoms with Crippen LogP contribution in [0.15, 0.2) is 53.7 Å². The molecule has 0 aliphatic carbocycles. The van der Waals surface area contributed by atoms with E-state index in [2.05, 4.69) is 20.6 Å². The molecule has 164 valence electrons. The van der Waals surface area contributed by atoms with Crippen molar-refractivity contribution in [2.45, 2.75) is 19.8 Å². The van der Waals surface area contributed by atoms with Crippen LogP contribution in [-0.2, 0) is 17.6 Å². The number of guanidine groups is 1. The number of carbonyl (C=O) groups is 1. The zero-order valence-electron chi connectivity index (χ0n) is 17.9. The number of benzene rings is 1. The van der Waals surface area contributed by atoms with E-state index in [9.17, 15) is 4.79 Å². The Labute approximate surface area is 196 Å². The molecule has 2 rings (SSSR count). The van der Waals surface area contributed by atoms with Crippen molar-refractivity contribution in [3.8, 4) is 5.75 Å². The Morgan fingerprint density at radius 3 is 2.60 bits per heavy atom. The molecule has 0 spiro atoms. The first-order valence-corrected chi connectivity index (χ1v) is 9.92. The van der Waals surface area contributed by atoms with E-state index in [4.69, 9.17) is 4.74 Å². The van der Waals surface area contributed by atoms with Gasteiger partial charge in [0.25, 0.3) is 0 Å². The number of rotatable bonds is 10. The first-order valence-electron chi connectivity index (χ1n) is 9.92. The van der Waals surface area contributed by atoms with E-state index in [-0.39, 0.29) is 36.4 Å². The van der Waals surface area contributed by atoms with Gasteiger partial charge in [-0.05, 0) is 37.1 Å². The molecule has 0 saturated heterocycles. The number of ether oxygens (including phenoxy) is 1. The largest absolute Gasteiger partial charge is 0.496 e. The second-order valence-corrected chi connectivity index (χ2v) is 6.57. The maximum absolute atomic E-state index is 12.4. The number of carbonyl (C=O) groups excluding carboxylic acids is 1. The van der Waals surface area contributed by atoms with Gasteiger partial charge in [-0.25, -0.2) is 4.99 Å². The van der Waals surface area contributed by atoms with Gasteiger partial charge in [-0.3, -0.25) is 9.78 Å². The third-order valence-corrected chi connectivity index (χ3v) is 4.45. The van der Waals surface area contributed by atoms with E-state index in [1.54, 1.807) is 25.3 Å². The number of methoxy groups -OCH3 is 1. The van der Waals surface area contributed by atoms with E-state index in [0.29, 0.717) is 19.0 Å². The van der Waals surface area contributed by atoms with Crippen LogP contribution >= 0.6 is 24.0 Å². The average molecular weight is 525 g/mol. The molecule has 7 nitrogen and oxygen atoms in total. The van der Waals surface area contributed by atoms with Crippen LogP contribution in [0, 0.1) is 0 Å². The predicted molar refractivity (Wildman–Crippen MR) is 132 cm³/mol. The molecule has 0 saturated carbocycles. The van der Waals surface area contributed by atoms with Gasteiger partial charge in [-0.1, -0.05) is 24.3 Å². The molecule has 2 aromatic rings. The molecular formula is C22H32IN5O2. The van der Waals surface area contributed by atoms with Crippen LogP contribution in [0.3, 0.4) is 0 Å². The second-order valence-electron chi connectivity index (χ2n) is 6.57. The quantitative estimate of drug-likeness (QED) is 0.283. The Bertz CT molecular complexity index is 786. The third kappa shape index (κ3) is 8.98. The molecule has 0 radical (unpaired) electrons. The molecular weight excluding hydrogens is 493 g/mol. The minimum absolute atomic E-state index is 0. The fourth-order valence-corrected chi connectivity index (χ4v) is 2.79. The zero-order valence-corrected chi connectivity index (χ0v) is 20.3. The molecule has 0 unspecified atom stereocenters. The van der Waals surface area contributed by atoms with E-state index >= 15 is 0 Å². The fourth-order valence-electron chi connectivity index (χ4n) is 2.79. The Morgan fingerprint density at radius 1 is 1.13 bits per heavy atom. The Kier molecular flexibility index (Phi) is 12.5. The summed E-state index contributed by atoms with van der Waals surface area (Å²) in [6.45, 7) is 4.13. The topological polar surface area (TPSA) is 78.9 Å². The maximum atomic E-state index is 12.4. The van der Waals surface area contributed by atoms with Crippen molar-refractivity contribution in [1.29, 1.82) is 0 Å². The fraction of sp³-hybridized carbons (Fsp3) is 0.409. The minimum Gasteiger partial charge on any atom is -0.496 e. The van der Waals surface area contributed by atoms with E-state index in [1.165, 1.54) is 0 Å². The maximum Gasteiger partial charge on any atom is 0.244 e. The molecule has 8 heteroatoms. The molecule has 30 heavy (non-hydrogen) atoms. The van der Waals surface area contributed by atoms with Gasteiger partial charge in [0.2, 0.25) is 5.91 Å². The van der Waals surface area contributed by atoms with Gasteiger partial charge in [0, 0.05) is 45.0 Å². The summed E-state index contributed by atoms with van der Waals surface area (Å²) in [5, 5.41) is 6.45. The van der Waals surface area contributed by atoms with Crippen LogP contribution in [0.1, 0.15) is 18.2 Å². The Morgan fingerprint density at radius 2 is 1.90 bits per heavy atom. The number of halogens is 1. The number of amides is 1. The molecule has 0 atom stereocenters. The lowest BCUT2D eigenvalue weighted by molar-refractivity contribution is -0.128. The van der Waals surface area contributed by atoms with Crippen molar-refractivity contribution in [2.75, 3.05) is 40.3 Å². The van der Waals surface area contributed by atoms with E-state index in [1.807, 2.05) is 49.4 Å². The van der Waals surface area contributed by atoms with Crippen LogP contribution in [0.4, 0.5) is 0 Å². The standard InChI is InChI=1S/C22H31N5O2.HI/c1-4-23-22(25-15-12-18-9-5-6-11-20(18)29-3)26-17-21(28)27(2)16-13-19-10-7-8-14-24-19;/h5-11,14H,4,12-13,15-17H2,1-3H3,(H2,23,25,26);1H. The number of hydrogen-bond donors (Lipinski definition) is 2. The van der Waals surface area contributed by atoms with Crippen molar-refractivity contribution < 1.29 is 9.53 Å². The highest BCUT2D eigenvalue weighted by Gasteiger charge is 2.09. The molecule has 0 aliphatic heterocycles. The highest BCUT2D eigenvalue weighted by Crippen LogP contribution is 2.17. The molecule has 1 aromatic carbocycles. The number of para-hydroxylation sites is 1. The van der Waals surface area contributed by atoms with Crippen molar-refractivity contribution in [1.82, 2.24) is 20.5 Å². The Balaban J connectivity index is 0.00000450. The summed E-state index contributed by atoms with van der Waals surface area (Å²) in [6.07, 6.45) is 3.29. The van der Waals surface area contributed by atoms with Crippen LogP contribution < -0.4 is 15.4 Å². The van der Waals surface area contributed by atoms with Crippen LogP contribution in [-0.4, -0.2) is 62.1 Å². The van der Waals surface area contributed by atoms with Gasteiger partial charge < -0.3 is 20.3 Å². The molecule has 0 aliphatic rings. The van der Waals surface area contributed by atoms with Crippen molar-refractivity contribution in [2.24, 2.45) is 4.99 Å². The lowest BCUT2D eigenvalue weighted by Crippen LogP contribution is -2.39. The molecule has 2 N–H and O–H groups in total. The number of aromatic nitrogens is 1. The summed E-state index contributed by atoms with van der Waals surface area (Å²) in [6, 6.07) is 13.8. The van der Waals surface area contributed by atoms with Gasteiger partial charge in [0.05, 0.1) is 7.11 Å².